The summed E-state index contributed by atoms with van der Waals surface area (Å²) >= 11 is 0. The summed E-state index contributed by atoms with van der Waals surface area (Å²) in [5.41, 5.74) is 3.37. The van der Waals surface area contributed by atoms with Gasteiger partial charge in [-0.2, -0.15) is 5.10 Å². The number of aliphatic hydroxyl groups excluding tert-OH is 1. The largest absolute Gasteiger partial charge is 0.396 e. The van der Waals surface area contributed by atoms with Gasteiger partial charge in [-0.05, 0) is 30.2 Å². The van der Waals surface area contributed by atoms with Gasteiger partial charge in [-0.1, -0.05) is 12.1 Å². The molecular weight excluding hydrogens is 214 g/mol. The van der Waals surface area contributed by atoms with E-state index in [0.717, 1.165) is 23.5 Å². The molecule has 0 amide bonds. The van der Waals surface area contributed by atoms with Gasteiger partial charge >= 0.3 is 0 Å². The molecule has 0 aliphatic carbocycles. The van der Waals surface area contributed by atoms with Crippen LogP contribution in [0.2, 0.25) is 0 Å². The number of aromatic nitrogens is 2. The SMILES string of the molecule is Cn1nccc1CNc1ccc(CCO)cc1. The van der Waals surface area contributed by atoms with E-state index in [4.69, 9.17) is 5.11 Å². The van der Waals surface area contributed by atoms with Crippen molar-refractivity contribution in [1.29, 1.82) is 0 Å². The zero-order chi connectivity index (χ0) is 12.1. The highest BCUT2D eigenvalue weighted by atomic mass is 16.2. The van der Waals surface area contributed by atoms with Crippen LogP contribution >= 0.6 is 0 Å². The monoisotopic (exact) mass is 231 g/mol. The predicted octanol–water partition coefficient (Wildman–Crippen LogP) is 1.57. The molecule has 90 valence electrons. The minimum atomic E-state index is 0.196. The Labute approximate surface area is 101 Å². The normalized spacial score (nSPS) is 10.5. The maximum Gasteiger partial charge on any atom is 0.0571 e. The van der Waals surface area contributed by atoms with E-state index in [-0.39, 0.29) is 6.61 Å². The summed E-state index contributed by atoms with van der Waals surface area (Å²) < 4.78 is 1.85. The second kappa shape index (κ2) is 5.50. The van der Waals surface area contributed by atoms with Crippen molar-refractivity contribution in [1.82, 2.24) is 9.78 Å². The van der Waals surface area contributed by atoms with Crippen LogP contribution in [0.25, 0.3) is 0 Å². The number of aliphatic hydroxyl groups is 1. The van der Waals surface area contributed by atoms with Crippen LogP contribution in [0.5, 0.6) is 0 Å². The Morgan fingerprint density at radius 1 is 1.24 bits per heavy atom. The fraction of sp³-hybridized carbons (Fsp3) is 0.308. The lowest BCUT2D eigenvalue weighted by molar-refractivity contribution is 0.299. The number of rotatable bonds is 5. The van der Waals surface area contributed by atoms with Crippen molar-refractivity contribution in [2.75, 3.05) is 11.9 Å². The van der Waals surface area contributed by atoms with Gasteiger partial charge in [0, 0.05) is 25.5 Å². The summed E-state index contributed by atoms with van der Waals surface area (Å²) in [6, 6.07) is 10.1. The summed E-state index contributed by atoms with van der Waals surface area (Å²) in [6.45, 7) is 0.956. The minimum Gasteiger partial charge on any atom is -0.396 e. The first-order chi connectivity index (χ1) is 8.29. The van der Waals surface area contributed by atoms with E-state index in [0.29, 0.717) is 6.42 Å². The molecule has 0 saturated carbocycles. The van der Waals surface area contributed by atoms with Crippen molar-refractivity contribution in [3.8, 4) is 0 Å². The smallest absolute Gasteiger partial charge is 0.0571 e. The number of hydrogen-bond acceptors (Lipinski definition) is 3. The molecular formula is C13H17N3O. The minimum absolute atomic E-state index is 0.196. The van der Waals surface area contributed by atoms with E-state index in [1.165, 1.54) is 0 Å². The van der Waals surface area contributed by atoms with E-state index in [1.54, 1.807) is 6.20 Å². The average Bonchev–Trinajstić information content (AvgIpc) is 2.75. The first-order valence-electron chi connectivity index (χ1n) is 5.70. The van der Waals surface area contributed by atoms with Crippen molar-refractivity contribution in [2.24, 2.45) is 7.05 Å². The molecule has 0 aliphatic heterocycles. The van der Waals surface area contributed by atoms with Crippen LogP contribution in [-0.4, -0.2) is 21.5 Å². The average molecular weight is 231 g/mol. The lowest BCUT2D eigenvalue weighted by Gasteiger charge is -2.07. The van der Waals surface area contributed by atoms with Gasteiger partial charge in [0.2, 0.25) is 0 Å². The highest BCUT2D eigenvalue weighted by Gasteiger charge is 1.98. The Kier molecular flexibility index (Phi) is 3.77. The molecule has 0 saturated heterocycles. The fourth-order valence-electron chi connectivity index (χ4n) is 1.69. The molecule has 0 atom stereocenters. The number of nitrogens with one attached hydrogen (secondary N) is 1. The summed E-state index contributed by atoms with van der Waals surface area (Å²) in [5.74, 6) is 0. The Morgan fingerprint density at radius 2 is 2.00 bits per heavy atom. The third-order valence-corrected chi connectivity index (χ3v) is 2.75. The van der Waals surface area contributed by atoms with Crippen LogP contribution in [-0.2, 0) is 20.0 Å². The number of hydrogen-bond donors (Lipinski definition) is 2. The number of benzene rings is 1. The van der Waals surface area contributed by atoms with Crippen LogP contribution in [0.4, 0.5) is 5.69 Å². The van der Waals surface area contributed by atoms with Gasteiger partial charge in [0.05, 0.1) is 12.2 Å². The molecule has 0 bridgehead atoms. The Morgan fingerprint density at radius 3 is 2.59 bits per heavy atom. The zero-order valence-electron chi connectivity index (χ0n) is 9.93. The molecule has 1 heterocycles. The predicted molar refractivity (Wildman–Crippen MR) is 67.8 cm³/mol. The van der Waals surface area contributed by atoms with Crippen molar-refractivity contribution >= 4 is 5.69 Å². The molecule has 1 aromatic heterocycles. The quantitative estimate of drug-likeness (QED) is 0.821. The summed E-state index contributed by atoms with van der Waals surface area (Å²) in [7, 11) is 1.93. The molecule has 0 unspecified atom stereocenters. The molecule has 4 heteroatoms. The van der Waals surface area contributed by atoms with Gasteiger partial charge in [0.15, 0.2) is 0 Å². The number of aryl methyl sites for hydroxylation is 1. The third kappa shape index (κ3) is 3.07. The van der Waals surface area contributed by atoms with Crippen LogP contribution < -0.4 is 5.32 Å². The van der Waals surface area contributed by atoms with Gasteiger partial charge in [-0.25, -0.2) is 0 Å². The van der Waals surface area contributed by atoms with Crippen molar-refractivity contribution in [3.05, 3.63) is 47.8 Å². The molecule has 0 spiro atoms. The van der Waals surface area contributed by atoms with E-state index in [1.807, 2.05) is 42.1 Å². The van der Waals surface area contributed by atoms with Gasteiger partial charge in [0.1, 0.15) is 0 Å². The van der Waals surface area contributed by atoms with Gasteiger partial charge in [-0.15, -0.1) is 0 Å². The second-order valence-electron chi connectivity index (χ2n) is 3.97. The van der Waals surface area contributed by atoms with Crippen LogP contribution in [0.1, 0.15) is 11.3 Å². The molecule has 1 aromatic carbocycles. The van der Waals surface area contributed by atoms with E-state index in [9.17, 15) is 0 Å². The molecule has 0 fully saturated rings. The lowest BCUT2D eigenvalue weighted by atomic mass is 10.1. The standard InChI is InChI=1S/C13H17N3O/c1-16-13(6-8-15-16)10-14-12-4-2-11(3-5-12)7-9-17/h2-6,8,14,17H,7,9-10H2,1H3. The van der Waals surface area contributed by atoms with Crippen molar-refractivity contribution < 1.29 is 5.11 Å². The highest BCUT2D eigenvalue weighted by molar-refractivity contribution is 5.44. The van der Waals surface area contributed by atoms with Crippen LogP contribution in [0.3, 0.4) is 0 Å². The van der Waals surface area contributed by atoms with Crippen molar-refractivity contribution in [2.45, 2.75) is 13.0 Å². The zero-order valence-corrected chi connectivity index (χ0v) is 9.93. The molecule has 0 aliphatic rings. The molecule has 2 rings (SSSR count). The number of anilines is 1. The molecule has 17 heavy (non-hydrogen) atoms. The Hall–Kier alpha value is -1.81. The molecule has 2 aromatic rings. The summed E-state index contributed by atoms with van der Waals surface area (Å²) in [5, 5.41) is 16.3. The fourth-order valence-corrected chi connectivity index (χ4v) is 1.69. The molecule has 4 nitrogen and oxygen atoms in total. The van der Waals surface area contributed by atoms with Gasteiger partial charge in [-0.3, -0.25) is 4.68 Å². The van der Waals surface area contributed by atoms with Crippen LogP contribution in [0, 0.1) is 0 Å². The maximum absolute atomic E-state index is 8.82. The Balaban J connectivity index is 1.93. The van der Waals surface area contributed by atoms with E-state index >= 15 is 0 Å². The molecule has 2 N–H and O–H groups in total. The third-order valence-electron chi connectivity index (χ3n) is 2.75. The van der Waals surface area contributed by atoms with Crippen molar-refractivity contribution in [3.63, 3.8) is 0 Å². The summed E-state index contributed by atoms with van der Waals surface area (Å²) in [6.07, 6.45) is 2.50. The van der Waals surface area contributed by atoms with Gasteiger partial charge < -0.3 is 10.4 Å². The van der Waals surface area contributed by atoms with E-state index < -0.39 is 0 Å². The summed E-state index contributed by atoms with van der Waals surface area (Å²) in [4.78, 5) is 0. The highest BCUT2D eigenvalue weighted by Crippen LogP contribution is 2.11. The lowest BCUT2D eigenvalue weighted by Crippen LogP contribution is -2.05. The Bertz CT molecular complexity index is 462. The van der Waals surface area contributed by atoms with Gasteiger partial charge in [0.25, 0.3) is 0 Å². The van der Waals surface area contributed by atoms with Crippen LogP contribution in [0.15, 0.2) is 36.5 Å². The first-order valence-corrected chi connectivity index (χ1v) is 5.70. The maximum atomic E-state index is 8.82. The second-order valence-corrected chi connectivity index (χ2v) is 3.97. The van der Waals surface area contributed by atoms with E-state index in [2.05, 4.69) is 10.4 Å². The number of nitrogens with zero attached hydrogens (tertiary/aromatic N) is 2. The topological polar surface area (TPSA) is 50.1 Å². The first kappa shape index (κ1) is 11.7. The molecule has 0 radical (unpaired) electrons.